The Labute approximate surface area is 98.6 Å². The molecule has 0 radical (unpaired) electrons. The molecule has 4 nitrogen and oxygen atoms in total. The van der Waals surface area contributed by atoms with Gasteiger partial charge >= 0.3 is 0 Å². The second kappa shape index (κ2) is 8.28. The summed E-state index contributed by atoms with van der Waals surface area (Å²) in [5, 5.41) is 0. The first-order valence-corrected chi connectivity index (χ1v) is 6.03. The first-order chi connectivity index (χ1) is 7.54. The lowest BCUT2D eigenvalue weighted by atomic mass is 10.2. The standard InChI is InChI=1S/C12H24N2O2/c1-5-8-11(15)9-13(4)10-12(16)14(6-2)7-3/h5-10H2,1-4H3. The number of hydrogen-bond donors (Lipinski definition) is 0. The molecule has 0 spiro atoms. The van der Waals surface area contributed by atoms with Crippen LogP contribution in [0.5, 0.6) is 0 Å². The third-order valence-electron chi connectivity index (χ3n) is 2.50. The topological polar surface area (TPSA) is 40.6 Å². The molecule has 0 heterocycles. The summed E-state index contributed by atoms with van der Waals surface area (Å²) in [7, 11) is 1.81. The maximum Gasteiger partial charge on any atom is 0.236 e. The molecule has 0 atom stereocenters. The summed E-state index contributed by atoms with van der Waals surface area (Å²) in [6.45, 7) is 8.07. The van der Waals surface area contributed by atoms with E-state index >= 15 is 0 Å². The van der Waals surface area contributed by atoms with Crippen LogP contribution >= 0.6 is 0 Å². The molecule has 0 bridgehead atoms. The monoisotopic (exact) mass is 228 g/mol. The Kier molecular flexibility index (Phi) is 7.81. The van der Waals surface area contributed by atoms with Crippen molar-refractivity contribution in [1.82, 2.24) is 9.80 Å². The molecule has 0 saturated heterocycles. The third kappa shape index (κ3) is 5.85. The quantitative estimate of drug-likeness (QED) is 0.626. The first-order valence-electron chi connectivity index (χ1n) is 6.03. The fraction of sp³-hybridized carbons (Fsp3) is 0.833. The predicted molar refractivity (Wildman–Crippen MR) is 65.3 cm³/mol. The van der Waals surface area contributed by atoms with Gasteiger partial charge in [-0.2, -0.15) is 0 Å². The number of ketones is 1. The van der Waals surface area contributed by atoms with Gasteiger partial charge in [0.15, 0.2) is 0 Å². The Hall–Kier alpha value is -0.900. The molecular weight excluding hydrogens is 204 g/mol. The molecule has 0 rings (SSSR count). The van der Waals surface area contributed by atoms with E-state index in [4.69, 9.17) is 0 Å². The van der Waals surface area contributed by atoms with Crippen molar-refractivity contribution in [3.8, 4) is 0 Å². The zero-order valence-corrected chi connectivity index (χ0v) is 11.0. The predicted octanol–water partition coefficient (Wildman–Crippen LogP) is 1.16. The van der Waals surface area contributed by atoms with Crippen LogP contribution in [0.3, 0.4) is 0 Å². The second-order valence-electron chi connectivity index (χ2n) is 4.03. The first kappa shape index (κ1) is 15.1. The van der Waals surface area contributed by atoms with Gasteiger partial charge in [0.2, 0.25) is 5.91 Å². The zero-order valence-electron chi connectivity index (χ0n) is 11.0. The number of amides is 1. The number of nitrogens with zero attached hydrogens (tertiary/aromatic N) is 2. The van der Waals surface area contributed by atoms with Crippen LogP contribution in [0.2, 0.25) is 0 Å². The van der Waals surface area contributed by atoms with E-state index in [2.05, 4.69) is 0 Å². The summed E-state index contributed by atoms with van der Waals surface area (Å²) < 4.78 is 0. The summed E-state index contributed by atoms with van der Waals surface area (Å²) in [6.07, 6.45) is 1.47. The smallest absolute Gasteiger partial charge is 0.236 e. The summed E-state index contributed by atoms with van der Waals surface area (Å²) >= 11 is 0. The molecule has 94 valence electrons. The largest absolute Gasteiger partial charge is 0.342 e. The molecule has 0 aromatic carbocycles. The van der Waals surface area contributed by atoms with E-state index in [9.17, 15) is 9.59 Å². The van der Waals surface area contributed by atoms with Gasteiger partial charge in [-0.25, -0.2) is 0 Å². The second-order valence-corrected chi connectivity index (χ2v) is 4.03. The van der Waals surface area contributed by atoms with E-state index in [0.717, 1.165) is 19.5 Å². The van der Waals surface area contributed by atoms with Gasteiger partial charge in [-0.3, -0.25) is 14.5 Å². The van der Waals surface area contributed by atoms with E-state index in [0.29, 0.717) is 19.5 Å². The number of carbonyl (C=O) groups is 2. The lowest BCUT2D eigenvalue weighted by Crippen LogP contribution is -2.40. The van der Waals surface area contributed by atoms with Gasteiger partial charge in [0.25, 0.3) is 0 Å². The number of carbonyl (C=O) groups excluding carboxylic acids is 2. The molecule has 1 amide bonds. The molecule has 0 aromatic heterocycles. The van der Waals surface area contributed by atoms with E-state index in [-0.39, 0.29) is 11.7 Å². The molecule has 0 N–H and O–H groups in total. The van der Waals surface area contributed by atoms with Crippen molar-refractivity contribution in [2.45, 2.75) is 33.6 Å². The fourth-order valence-corrected chi connectivity index (χ4v) is 1.62. The molecule has 4 heteroatoms. The molecule has 0 unspecified atom stereocenters. The maximum atomic E-state index is 11.7. The van der Waals surface area contributed by atoms with Crippen molar-refractivity contribution in [2.24, 2.45) is 0 Å². The van der Waals surface area contributed by atoms with Gasteiger partial charge in [0, 0.05) is 19.5 Å². The summed E-state index contributed by atoms with van der Waals surface area (Å²) in [5.41, 5.74) is 0. The number of likely N-dealkylation sites (N-methyl/N-ethyl adjacent to an activating group) is 2. The van der Waals surface area contributed by atoms with Crippen molar-refractivity contribution in [2.75, 3.05) is 33.2 Å². The van der Waals surface area contributed by atoms with Crippen LogP contribution in [-0.2, 0) is 9.59 Å². The lowest BCUT2D eigenvalue weighted by Gasteiger charge is -2.22. The molecule has 0 fully saturated rings. The van der Waals surface area contributed by atoms with Crippen LogP contribution in [0.15, 0.2) is 0 Å². The van der Waals surface area contributed by atoms with Crippen LogP contribution in [0.4, 0.5) is 0 Å². The van der Waals surface area contributed by atoms with Crippen molar-refractivity contribution >= 4 is 11.7 Å². The lowest BCUT2D eigenvalue weighted by molar-refractivity contribution is -0.132. The molecule has 16 heavy (non-hydrogen) atoms. The minimum absolute atomic E-state index is 0.0943. The van der Waals surface area contributed by atoms with Gasteiger partial charge in [0.1, 0.15) is 5.78 Å². The van der Waals surface area contributed by atoms with Crippen LogP contribution in [0, 0.1) is 0 Å². The van der Waals surface area contributed by atoms with Gasteiger partial charge in [-0.1, -0.05) is 6.92 Å². The molecule has 0 aliphatic rings. The minimum atomic E-state index is 0.0943. The molecule has 0 saturated carbocycles. The van der Waals surface area contributed by atoms with Crippen LogP contribution in [-0.4, -0.2) is 54.7 Å². The van der Waals surface area contributed by atoms with Crippen molar-refractivity contribution in [3.63, 3.8) is 0 Å². The number of hydrogen-bond acceptors (Lipinski definition) is 3. The summed E-state index contributed by atoms with van der Waals surface area (Å²) in [6, 6.07) is 0. The van der Waals surface area contributed by atoms with Crippen LogP contribution < -0.4 is 0 Å². The minimum Gasteiger partial charge on any atom is -0.342 e. The molecule has 0 aliphatic carbocycles. The highest BCUT2D eigenvalue weighted by Gasteiger charge is 2.13. The number of rotatable bonds is 8. The molecule has 0 aromatic rings. The SMILES string of the molecule is CCCC(=O)CN(C)CC(=O)N(CC)CC. The fourth-order valence-electron chi connectivity index (χ4n) is 1.62. The van der Waals surface area contributed by atoms with Crippen molar-refractivity contribution in [1.29, 1.82) is 0 Å². The maximum absolute atomic E-state index is 11.7. The van der Waals surface area contributed by atoms with Gasteiger partial charge in [-0.05, 0) is 27.3 Å². The summed E-state index contributed by atoms with van der Waals surface area (Å²) in [4.78, 5) is 26.7. The van der Waals surface area contributed by atoms with E-state index in [1.54, 1.807) is 9.80 Å². The van der Waals surface area contributed by atoms with E-state index < -0.39 is 0 Å². The zero-order chi connectivity index (χ0) is 12.6. The average Bonchev–Trinajstić information content (AvgIpc) is 2.19. The summed E-state index contributed by atoms with van der Waals surface area (Å²) in [5.74, 6) is 0.300. The third-order valence-corrected chi connectivity index (χ3v) is 2.50. The Balaban J connectivity index is 3.99. The Bertz CT molecular complexity index is 225. The van der Waals surface area contributed by atoms with Crippen LogP contribution in [0.25, 0.3) is 0 Å². The Morgan fingerprint density at radius 2 is 1.56 bits per heavy atom. The highest BCUT2D eigenvalue weighted by Crippen LogP contribution is 1.95. The van der Waals surface area contributed by atoms with Gasteiger partial charge < -0.3 is 4.90 Å². The van der Waals surface area contributed by atoms with E-state index in [1.165, 1.54) is 0 Å². The molecular formula is C12H24N2O2. The normalized spacial score (nSPS) is 10.6. The van der Waals surface area contributed by atoms with Gasteiger partial charge in [-0.15, -0.1) is 0 Å². The molecule has 0 aliphatic heterocycles. The Morgan fingerprint density at radius 3 is 2.00 bits per heavy atom. The van der Waals surface area contributed by atoms with Crippen molar-refractivity contribution in [3.05, 3.63) is 0 Å². The number of Topliss-reactive ketones (excluding diaryl/α,β-unsaturated/α-hetero) is 1. The van der Waals surface area contributed by atoms with E-state index in [1.807, 2.05) is 27.8 Å². The van der Waals surface area contributed by atoms with Gasteiger partial charge in [0.05, 0.1) is 13.1 Å². The highest BCUT2D eigenvalue weighted by molar-refractivity contribution is 5.82. The Morgan fingerprint density at radius 1 is 1.00 bits per heavy atom. The van der Waals surface area contributed by atoms with Crippen molar-refractivity contribution < 1.29 is 9.59 Å². The average molecular weight is 228 g/mol. The highest BCUT2D eigenvalue weighted by atomic mass is 16.2. The van der Waals surface area contributed by atoms with Crippen LogP contribution in [0.1, 0.15) is 33.6 Å².